The molecular weight excluding hydrogens is 348 g/mol. The molecule has 1 aromatic heterocycles. The quantitative estimate of drug-likeness (QED) is 0.715. The number of hydrogen-bond donors (Lipinski definition) is 1. The highest BCUT2D eigenvalue weighted by Gasteiger charge is 2.34. The number of carbonyl (C=O) groups excluding carboxylic acids is 1. The number of rotatable bonds is 4. The Kier molecular flexibility index (Phi) is 4.43. The van der Waals surface area contributed by atoms with Gasteiger partial charge >= 0.3 is 11.7 Å². The SMILES string of the molecule is O=C(OC[C@H]1O[C@H](n2ccc(=O)[nH]c2=O)c2ccccc21)c1ccccc1. The van der Waals surface area contributed by atoms with Crippen LogP contribution < -0.4 is 11.2 Å². The molecule has 0 spiro atoms. The van der Waals surface area contributed by atoms with E-state index in [0.717, 1.165) is 11.1 Å². The number of aromatic amines is 1. The third kappa shape index (κ3) is 3.32. The fourth-order valence-electron chi connectivity index (χ4n) is 3.10. The number of H-pyrrole nitrogens is 1. The van der Waals surface area contributed by atoms with Crippen LogP contribution in [-0.4, -0.2) is 22.1 Å². The summed E-state index contributed by atoms with van der Waals surface area (Å²) in [6.45, 7) is 0.0132. The number of hydrogen-bond acceptors (Lipinski definition) is 5. The van der Waals surface area contributed by atoms with E-state index in [1.807, 2.05) is 30.3 Å². The molecule has 2 heterocycles. The third-order valence-electron chi connectivity index (χ3n) is 4.38. The molecule has 27 heavy (non-hydrogen) atoms. The van der Waals surface area contributed by atoms with Crippen molar-refractivity contribution in [3.8, 4) is 0 Å². The zero-order valence-corrected chi connectivity index (χ0v) is 14.2. The zero-order chi connectivity index (χ0) is 18.8. The summed E-state index contributed by atoms with van der Waals surface area (Å²) in [5.41, 5.74) is 1.03. The Morgan fingerprint density at radius 2 is 1.70 bits per heavy atom. The molecule has 1 N–H and O–H groups in total. The molecule has 0 unspecified atom stereocenters. The van der Waals surface area contributed by atoms with E-state index in [0.29, 0.717) is 5.56 Å². The predicted octanol–water partition coefficient (Wildman–Crippen LogP) is 2.01. The molecule has 1 aliphatic rings. The van der Waals surface area contributed by atoms with Gasteiger partial charge in [0.15, 0.2) is 6.23 Å². The lowest BCUT2D eigenvalue weighted by molar-refractivity contribution is -0.0428. The van der Waals surface area contributed by atoms with Crippen LogP contribution in [0.4, 0.5) is 0 Å². The van der Waals surface area contributed by atoms with Crippen LogP contribution in [0.15, 0.2) is 76.4 Å². The van der Waals surface area contributed by atoms with E-state index in [2.05, 4.69) is 4.98 Å². The maximum atomic E-state index is 12.2. The molecule has 1 aliphatic heterocycles. The predicted molar refractivity (Wildman–Crippen MR) is 96.5 cm³/mol. The molecule has 2 aromatic carbocycles. The summed E-state index contributed by atoms with van der Waals surface area (Å²) in [5, 5.41) is 0. The van der Waals surface area contributed by atoms with E-state index in [1.54, 1.807) is 24.3 Å². The Bertz CT molecular complexity index is 1090. The molecule has 4 rings (SSSR count). The van der Waals surface area contributed by atoms with Gasteiger partial charge in [0, 0.05) is 17.8 Å². The summed E-state index contributed by atoms with van der Waals surface area (Å²) >= 11 is 0. The summed E-state index contributed by atoms with van der Waals surface area (Å²) in [7, 11) is 0. The molecule has 0 saturated carbocycles. The van der Waals surface area contributed by atoms with E-state index in [9.17, 15) is 14.4 Å². The maximum absolute atomic E-state index is 12.2. The molecule has 3 aromatic rings. The van der Waals surface area contributed by atoms with Gasteiger partial charge in [-0.05, 0) is 17.7 Å². The fraction of sp³-hybridized carbons (Fsp3) is 0.150. The summed E-state index contributed by atoms with van der Waals surface area (Å²) in [5.74, 6) is -0.443. The molecule has 0 radical (unpaired) electrons. The van der Waals surface area contributed by atoms with Gasteiger partial charge in [0.25, 0.3) is 5.56 Å². The smallest absolute Gasteiger partial charge is 0.338 e. The van der Waals surface area contributed by atoms with Gasteiger partial charge in [-0.15, -0.1) is 0 Å². The molecule has 0 bridgehead atoms. The molecule has 2 atom stereocenters. The number of fused-ring (bicyclic) bond motifs is 1. The van der Waals surface area contributed by atoms with E-state index >= 15 is 0 Å². The van der Waals surface area contributed by atoms with Crippen molar-refractivity contribution in [2.45, 2.75) is 12.3 Å². The van der Waals surface area contributed by atoms with E-state index in [-0.39, 0.29) is 6.61 Å². The van der Waals surface area contributed by atoms with E-state index < -0.39 is 29.6 Å². The van der Waals surface area contributed by atoms with Crippen LogP contribution in [0, 0.1) is 0 Å². The minimum Gasteiger partial charge on any atom is -0.459 e. The second kappa shape index (κ2) is 7.05. The van der Waals surface area contributed by atoms with Crippen molar-refractivity contribution in [1.29, 1.82) is 0 Å². The Hall–Kier alpha value is -3.45. The van der Waals surface area contributed by atoms with Crippen LogP contribution in [0.3, 0.4) is 0 Å². The highest BCUT2D eigenvalue weighted by Crippen LogP contribution is 2.39. The zero-order valence-electron chi connectivity index (χ0n) is 14.2. The van der Waals surface area contributed by atoms with Crippen molar-refractivity contribution < 1.29 is 14.3 Å². The molecule has 0 aliphatic carbocycles. The van der Waals surface area contributed by atoms with Crippen LogP contribution in [0.25, 0.3) is 0 Å². The number of ether oxygens (including phenoxy) is 2. The first-order valence-corrected chi connectivity index (χ1v) is 8.41. The molecule has 136 valence electrons. The van der Waals surface area contributed by atoms with Crippen LogP contribution >= 0.6 is 0 Å². The lowest BCUT2D eigenvalue weighted by Gasteiger charge is -2.16. The lowest BCUT2D eigenvalue weighted by Crippen LogP contribution is -2.32. The fourth-order valence-corrected chi connectivity index (χ4v) is 3.10. The first-order chi connectivity index (χ1) is 13.1. The molecule has 0 saturated heterocycles. The van der Waals surface area contributed by atoms with Gasteiger partial charge in [0.2, 0.25) is 0 Å². The minimum absolute atomic E-state index is 0.0132. The minimum atomic E-state index is -0.703. The summed E-state index contributed by atoms with van der Waals surface area (Å²) in [6, 6.07) is 17.4. The number of carbonyl (C=O) groups is 1. The normalized spacial score (nSPS) is 18.1. The van der Waals surface area contributed by atoms with E-state index in [4.69, 9.17) is 9.47 Å². The molecule has 0 amide bonds. The van der Waals surface area contributed by atoms with Crippen LogP contribution in [0.1, 0.15) is 33.8 Å². The highest BCUT2D eigenvalue weighted by atomic mass is 16.6. The average molecular weight is 364 g/mol. The lowest BCUT2D eigenvalue weighted by atomic mass is 10.0. The van der Waals surface area contributed by atoms with Gasteiger partial charge in [0.1, 0.15) is 12.7 Å². The van der Waals surface area contributed by atoms with Crippen LogP contribution in [-0.2, 0) is 9.47 Å². The monoisotopic (exact) mass is 364 g/mol. The van der Waals surface area contributed by atoms with Crippen molar-refractivity contribution in [2.24, 2.45) is 0 Å². The highest BCUT2D eigenvalue weighted by molar-refractivity contribution is 5.89. The second-order valence-electron chi connectivity index (χ2n) is 6.09. The van der Waals surface area contributed by atoms with Gasteiger partial charge in [-0.25, -0.2) is 9.59 Å². The third-order valence-corrected chi connectivity index (χ3v) is 4.38. The van der Waals surface area contributed by atoms with Crippen molar-refractivity contribution in [3.63, 3.8) is 0 Å². The topological polar surface area (TPSA) is 90.4 Å². The summed E-state index contributed by atoms with van der Waals surface area (Å²) in [4.78, 5) is 37.9. The first-order valence-electron chi connectivity index (χ1n) is 8.41. The van der Waals surface area contributed by atoms with Gasteiger partial charge in [-0.3, -0.25) is 14.3 Å². The van der Waals surface area contributed by atoms with Crippen LogP contribution in [0.5, 0.6) is 0 Å². The number of nitrogens with zero attached hydrogens (tertiary/aromatic N) is 1. The van der Waals surface area contributed by atoms with Gasteiger partial charge in [-0.2, -0.15) is 0 Å². The number of nitrogens with one attached hydrogen (secondary N) is 1. The number of esters is 1. The van der Waals surface area contributed by atoms with Gasteiger partial charge < -0.3 is 9.47 Å². The second-order valence-corrected chi connectivity index (χ2v) is 6.09. The Balaban J connectivity index is 1.58. The van der Waals surface area contributed by atoms with Crippen molar-refractivity contribution in [1.82, 2.24) is 9.55 Å². The largest absolute Gasteiger partial charge is 0.459 e. The first kappa shape index (κ1) is 17.0. The Labute approximate surface area is 153 Å². The number of aromatic nitrogens is 2. The number of benzene rings is 2. The van der Waals surface area contributed by atoms with Gasteiger partial charge in [0.05, 0.1) is 5.56 Å². The summed E-state index contributed by atoms with van der Waals surface area (Å²) < 4.78 is 12.7. The Morgan fingerprint density at radius 1 is 1.00 bits per heavy atom. The van der Waals surface area contributed by atoms with Crippen LogP contribution in [0.2, 0.25) is 0 Å². The van der Waals surface area contributed by atoms with Crippen molar-refractivity contribution in [2.75, 3.05) is 6.61 Å². The van der Waals surface area contributed by atoms with Crippen molar-refractivity contribution >= 4 is 5.97 Å². The van der Waals surface area contributed by atoms with E-state index in [1.165, 1.54) is 16.8 Å². The molecular formula is C20H16N2O5. The molecule has 7 heteroatoms. The van der Waals surface area contributed by atoms with Crippen molar-refractivity contribution in [3.05, 3.63) is 104 Å². The molecule has 7 nitrogen and oxygen atoms in total. The maximum Gasteiger partial charge on any atom is 0.338 e. The van der Waals surface area contributed by atoms with Gasteiger partial charge in [-0.1, -0.05) is 42.5 Å². The molecule has 0 fully saturated rings. The Morgan fingerprint density at radius 3 is 2.44 bits per heavy atom. The average Bonchev–Trinajstić information content (AvgIpc) is 3.05. The standard InChI is InChI=1S/C20H16N2O5/c23-17-10-11-22(20(25)21-17)18-15-9-5-4-8-14(15)16(27-18)12-26-19(24)13-6-2-1-3-7-13/h1-11,16,18H,12H2,(H,21,23,25)/t16-,18+/m1/s1. The summed E-state index contributed by atoms with van der Waals surface area (Å²) in [6.07, 6.45) is 0.171.